The number of ketones is 1. The molecule has 0 fully saturated rings. The van der Waals surface area contributed by atoms with Crippen molar-refractivity contribution >= 4 is 28.0 Å². The van der Waals surface area contributed by atoms with Gasteiger partial charge >= 0.3 is 12.1 Å². The van der Waals surface area contributed by atoms with Crippen LogP contribution in [0.5, 0.6) is 0 Å². The highest BCUT2D eigenvalue weighted by molar-refractivity contribution is 7.86. The number of hydrogen-bond donors (Lipinski definition) is 1. The molecule has 11 nitrogen and oxygen atoms in total. The smallest absolute Gasteiger partial charge is 0.410 e. The van der Waals surface area contributed by atoms with Crippen LogP contribution in [0.3, 0.4) is 0 Å². The summed E-state index contributed by atoms with van der Waals surface area (Å²) in [5.74, 6) is -2.68. The molecule has 1 atom stereocenters. The Morgan fingerprint density at radius 2 is 1.94 bits per heavy atom. The third-order valence-electron chi connectivity index (χ3n) is 4.68. The summed E-state index contributed by atoms with van der Waals surface area (Å²) in [6.07, 6.45) is 0.639. The molecule has 0 aliphatic carbocycles. The van der Waals surface area contributed by atoms with Crippen LogP contribution in [0.15, 0.2) is 12.2 Å². The molecular weight excluding hydrogens is 454 g/mol. The van der Waals surface area contributed by atoms with E-state index in [1.165, 1.54) is 4.90 Å². The van der Waals surface area contributed by atoms with Gasteiger partial charge in [0.25, 0.3) is 10.1 Å². The molecule has 1 aromatic rings. The quantitative estimate of drug-likeness (QED) is 0.182. The number of rotatable bonds is 9. The van der Waals surface area contributed by atoms with Gasteiger partial charge < -0.3 is 14.4 Å². The van der Waals surface area contributed by atoms with Crippen molar-refractivity contribution in [3.05, 3.63) is 29.1 Å². The van der Waals surface area contributed by atoms with Crippen molar-refractivity contribution in [1.82, 2.24) is 15.1 Å². The molecule has 0 radical (unpaired) electrons. The molecule has 0 aromatic carbocycles. The molecular formula is C21H31N3O8S. The molecule has 0 spiro atoms. The minimum Gasteiger partial charge on any atom is -0.465 e. The number of fused-ring (bicyclic) bond motifs is 1. The Labute approximate surface area is 193 Å². The first kappa shape index (κ1) is 26.5. The molecule has 0 bridgehead atoms. The van der Waals surface area contributed by atoms with Crippen molar-refractivity contribution in [1.29, 1.82) is 0 Å². The Morgan fingerprint density at radius 3 is 2.52 bits per heavy atom. The highest BCUT2D eigenvalue weighted by Gasteiger charge is 2.36. The Morgan fingerprint density at radius 1 is 1.27 bits per heavy atom. The second-order valence-corrected chi connectivity index (χ2v) is 10.4. The molecule has 0 saturated carbocycles. The van der Waals surface area contributed by atoms with Gasteiger partial charge in [0.2, 0.25) is 0 Å². The third kappa shape index (κ3) is 7.67. The normalized spacial score (nSPS) is 14.9. The van der Waals surface area contributed by atoms with Crippen molar-refractivity contribution in [2.75, 3.05) is 26.0 Å². The van der Waals surface area contributed by atoms with Gasteiger partial charge in [-0.1, -0.05) is 6.58 Å². The predicted molar refractivity (Wildman–Crippen MR) is 118 cm³/mol. The maximum absolute atomic E-state index is 13.3. The van der Waals surface area contributed by atoms with Crippen LogP contribution in [0.25, 0.3) is 0 Å². The van der Waals surface area contributed by atoms with Crippen LogP contribution in [0, 0.1) is 5.92 Å². The number of hydrogen-bond acceptors (Lipinski definition) is 9. The van der Waals surface area contributed by atoms with Gasteiger partial charge in [0.05, 0.1) is 26.0 Å². The Hall–Kier alpha value is -2.73. The van der Waals surface area contributed by atoms with E-state index in [0.717, 1.165) is 6.26 Å². The van der Waals surface area contributed by atoms with Crippen molar-refractivity contribution in [2.45, 2.75) is 52.7 Å². The average molecular weight is 486 g/mol. The Kier molecular flexibility index (Phi) is 8.41. The lowest BCUT2D eigenvalue weighted by Crippen LogP contribution is -2.40. The van der Waals surface area contributed by atoms with Gasteiger partial charge in [-0.15, -0.1) is 0 Å². The fraction of sp³-hybridized carbons (Fsp3) is 0.619. The first-order valence-electron chi connectivity index (χ1n) is 10.5. The lowest BCUT2D eigenvalue weighted by Gasteiger charge is -2.30. The van der Waals surface area contributed by atoms with Crippen LogP contribution in [0.4, 0.5) is 4.79 Å². The number of carbonyl (C=O) groups is 3. The van der Waals surface area contributed by atoms with Crippen molar-refractivity contribution in [3.8, 4) is 0 Å². The second-order valence-electron chi connectivity index (χ2n) is 8.77. The summed E-state index contributed by atoms with van der Waals surface area (Å²) in [7, 11) is -3.72. The molecule has 184 valence electrons. The van der Waals surface area contributed by atoms with Crippen LogP contribution < -0.4 is 0 Å². The van der Waals surface area contributed by atoms with Crippen LogP contribution in [-0.4, -0.2) is 73.0 Å². The zero-order chi connectivity index (χ0) is 25.0. The van der Waals surface area contributed by atoms with Gasteiger partial charge in [0.1, 0.15) is 17.2 Å². The summed E-state index contributed by atoms with van der Waals surface area (Å²) >= 11 is 0. The number of nitrogens with zero attached hydrogens (tertiary/aromatic N) is 2. The average Bonchev–Trinajstić information content (AvgIpc) is 3.11. The molecule has 1 N–H and O–H groups in total. The molecule has 1 aliphatic heterocycles. The van der Waals surface area contributed by atoms with Crippen LogP contribution in [-0.2, 0) is 41.5 Å². The molecule has 1 aliphatic rings. The van der Waals surface area contributed by atoms with E-state index in [-0.39, 0.29) is 37.4 Å². The van der Waals surface area contributed by atoms with Crippen LogP contribution in [0.1, 0.15) is 55.9 Å². The molecule has 2 rings (SSSR count). The summed E-state index contributed by atoms with van der Waals surface area (Å²) in [6, 6.07) is 0. The van der Waals surface area contributed by atoms with Crippen molar-refractivity contribution in [2.24, 2.45) is 5.92 Å². The van der Waals surface area contributed by atoms with Crippen molar-refractivity contribution < 1.29 is 36.5 Å². The molecule has 1 amide bonds. The summed E-state index contributed by atoms with van der Waals surface area (Å²) in [6.45, 7) is 10.8. The number of H-pyrrole nitrogens is 1. The maximum Gasteiger partial charge on any atom is 0.410 e. The SMILES string of the molecule is C=C(COS(C)(=O)=O)CC(C(=O)OCC)C(=O)c1n[nH]c2c1CN(C(=O)OC(C)(C)C)CC2. The van der Waals surface area contributed by atoms with E-state index in [0.29, 0.717) is 24.2 Å². The number of Topliss-reactive ketones (excluding diaryl/α,β-unsaturated/α-hetero) is 1. The number of aromatic amines is 1. The molecule has 1 aromatic heterocycles. The lowest BCUT2D eigenvalue weighted by molar-refractivity contribution is -0.146. The maximum atomic E-state index is 13.3. The third-order valence-corrected chi connectivity index (χ3v) is 5.22. The van der Waals surface area contributed by atoms with E-state index in [2.05, 4.69) is 16.8 Å². The summed E-state index contributed by atoms with van der Waals surface area (Å²) in [5, 5.41) is 6.92. The number of amides is 1. The van der Waals surface area contributed by atoms with E-state index in [4.69, 9.17) is 13.7 Å². The first-order valence-corrected chi connectivity index (χ1v) is 12.3. The predicted octanol–water partition coefficient (Wildman–Crippen LogP) is 1.99. The van der Waals surface area contributed by atoms with E-state index in [1.54, 1.807) is 27.7 Å². The van der Waals surface area contributed by atoms with Crippen molar-refractivity contribution in [3.63, 3.8) is 0 Å². The monoisotopic (exact) mass is 485 g/mol. The minimum absolute atomic E-state index is 0.0214. The van der Waals surface area contributed by atoms with Crippen LogP contribution >= 0.6 is 0 Å². The lowest BCUT2D eigenvalue weighted by atomic mass is 9.91. The Bertz CT molecular complexity index is 1020. The van der Waals surface area contributed by atoms with Gasteiger partial charge in [0, 0.05) is 24.2 Å². The number of carbonyl (C=O) groups excluding carboxylic acids is 3. The number of ether oxygens (including phenoxy) is 2. The van der Waals surface area contributed by atoms with Crippen LogP contribution in [0.2, 0.25) is 0 Å². The van der Waals surface area contributed by atoms with Gasteiger partial charge in [0.15, 0.2) is 5.78 Å². The number of nitrogens with one attached hydrogen (secondary N) is 1. The minimum atomic E-state index is -3.72. The van der Waals surface area contributed by atoms with E-state index in [1.807, 2.05) is 0 Å². The largest absolute Gasteiger partial charge is 0.465 e. The van der Waals surface area contributed by atoms with Gasteiger partial charge in [-0.3, -0.25) is 18.9 Å². The highest BCUT2D eigenvalue weighted by atomic mass is 32.2. The molecule has 1 unspecified atom stereocenters. The number of esters is 1. The summed E-state index contributed by atoms with van der Waals surface area (Å²) in [4.78, 5) is 39.8. The van der Waals surface area contributed by atoms with Gasteiger partial charge in [-0.05, 0) is 39.7 Å². The number of aromatic nitrogens is 2. The molecule has 33 heavy (non-hydrogen) atoms. The fourth-order valence-electron chi connectivity index (χ4n) is 3.21. The van der Waals surface area contributed by atoms with E-state index in [9.17, 15) is 22.8 Å². The molecule has 2 heterocycles. The zero-order valence-electron chi connectivity index (χ0n) is 19.6. The summed E-state index contributed by atoms with van der Waals surface area (Å²) < 4.78 is 37.6. The Balaban J connectivity index is 2.24. The van der Waals surface area contributed by atoms with E-state index >= 15 is 0 Å². The van der Waals surface area contributed by atoms with Gasteiger partial charge in [-0.25, -0.2) is 4.79 Å². The highest BCUT2D eigenvalue weighted by Crippen LogP contribution is 2.26. The summed E-state index contributed by atoms with van der Waals surface area (Å²) in [5.41, 5.74) is 0.777. The fourth-order valence-corrected chi connectivity index (χ4v) is 3.59. The van der Waals surface area contributed by atoms with Gasteiger partial charge in [-0.2, -0.15) is 13.5 Å². The second kappa shape index (κ2) is 10.5. The van der Waals surface area contributed by atoms with E-state index < -0.39 is 39.5 Å². The first-order chi connectivity index (χ1) is 15.2. The standard InChI is InChI=1S/C21H31N3O8S/c1-7-30-19(26)14(10-13(2)12-31-33(6,28)29)18(25)17-15-11-24(9-8-16(15)22-23-17)20(27)32-21(3,4)5/h14H,2,7-12H2,1,3-6H3,(H,22,23). The molecule has 12 heteroatoms. The zero-order valence-corrected chi connectivity index (χ0v) is 20.4. The molecule has 0 saturated heterocycles. The topological polar surface area (TPSA) is 145 Å².